The van der Waals surface area contributed by atoms with Crippen LogP contribution in [0.3, 0.4) is 0 Å². The van der Waals surface area contributed by atoms with Gasteiger partial charge in [-0.1, -0.05) is 12.1 Å². The lowest BCUT2D eigenvalue weighted by Gasteiger charge is -2.36. The first-order chi connectivity index (χ1) is 10.3. The van der Waals surface area contributed by atoms with E-state index in [1.165, 1.54) is 12.1 Å². The molecule has 1 unspecified atom stereocenters. The first-order valence-electron chi connectivity index (χ1n) is 7.46. The van der Waals surface area contributed by atoms with Crippen LogP contribution in [0.4, 0.5) is 4.39 Å². The quantitative estimate of drug-likeness (QED) is 0.804. The van der Waals surface area contributed by atoms with E-state index in [0.29, 0.717) is 26.0 Å². The molecule has 2 rings (SSSR count). The first kappa shape index (κ1) is 16.5. The van der Waals surface area contributed by atoms with Crippen LogP contribution in [0.25, 0.3) is 0 Å². The Bertz CT molecular complexity index is 548. The predicted molar refractivity (Wildman–Crippen MR) is 80.4 cm³/mol. The largest absolute Gasteiger partial charge is 0.465 e. The zero-order valence-corrected chi connectivity index (χ0v) is 13.3. The normalized spacial score (nSPS) is 18.2. The maximum Gasteiger partial charge on any atom is 0.306 e. The molecule has 0 radical (unpaired) electrons. The van der Waals surface area contributed by atoms with Crippen molar-refractivity contribution < 1.29 is 18.7 Å². The minimum Gasteiger partial charge on any atom is -0.465 e. The van der Waals surface area contributed by atoms with Crippen LogP contribution in [0.1, 0.15) is 39.2 Å². The van der Waals surface area contributed by atoms with Gasteiger partial charge in [0.05, 0.1) is 13.0 Å². The fraction of sp³-hybridized carbons (Fsp3) is 0.529. The summed E-state index contributed by atoms with van der Waals surface area (Å²) >= 11 is 0. The first-order valence-corrected chi connectivity index (χ1v) is 7.46. The van der Waals surface area contributed by atoms with Gasteiger partial charge in [0.1, 0.15) is 5.82 Å². The molecule has 1 aliphatic rings. The van der Waals surface area contributed by atoms with Gasteiger partial charge in [0.15, 0.2) is 0 Å². The summed E-state index contributed by atoms with van der Waals surface area (Å²) in [6, 6.07) is 6.15. The Kier molecular flexibility index (Phi) is 4.84. The molecule has 1 aromatic carbocycles. The Morgan fingerprint density at radius 1 is 1.32 bits per heavy atom. The molecule has 120 valence electrons. The third-order valence-corrected chi connectivity index (χ3v) is 3.76. The van der Waals surface area contributed by atoms with Gasteiger partial charge in [-0.3, -0.25) is 9.59 Å². The second kappa shape index (κ2) is 6.46. The molecule has 4 nitrogen and oxygen atoms in total. The van der Waals surface area contributed by atoms with Gasteiger partial charge in [-0.2, -0.15) is 0 Å². The predicted octanol–water partition coefficient (Wildman–Crippen LogP) is 2.91. The summed E-state index contributed by atoms with van der Waals surface area (Å²) in [4.78, 5) is 25.5. The lowest BCUT2D eigenvalue weighted by atomic mass is 9.99. The van der Waals surface area contributed by atoms with Crippen LogP contribution in [-0.4, -0.2) is 28.9 Å². The fourth-order valence-corrected chi connectivity index (χ4v) is 2.52. The van der Waals surface area contributed by atoms with Crippen LogP contribution in [0.5, 0.6) is 0 Å². The zero-order valence-electron chi connectivity index (χ0n) is 13.3. The molecule has 22 heavy (non-hydrogen) atoms. The van der Waals surface area contributed by atoms with E-state index in [1.54, 1.807) is 17.0 Å². The molecule has 0 N–H and O–H groups in total. The lowest BCUT2D eigenvalue weighted by molar-refractivity contribution is -0.139. The number of ether oxygens (including phenoxy) is 1. The number of hydrogen-bond acceptors (Lipinski definition) is 3. The number of benzene rings is 1. The fourth-order valence-electron chi connectivity index (χ4n) is 2.52. The molecule has 1 aliphatic heterocycles. The maximum atomic E-state index is 13.0. The molecule has 0 bridgehead atoms. The smallest absolute Gasteiger partial charge is 0.306 e. The van der Waals surface area contributed by atoms with Crippen molar-refractivity contribution in [2.45, 2.75) is 45.7 Å². The number of carbonyl (C=O) groups is 2. The second-order valence-corrected chi connectivity index (χ2v) is 6.73. The van der Waals surface area contributed by atoms with Gasteiger partial charge in [-0.25, -0.2) is 4.39 Å². The van der Waals surface area contributed by atoms with E-state index in [2.05, 4.69) is 0 Å². The van der Waals surface area contributed by atoms with Crippen molar-refractivity contribution in [3.05, 3.63) is 35.6 Å². The van der Waals surface area contributed by atoms with Crippen LogP contribution in [-0.2, 0) is 20.9 Å². The Morgan fingerprint density at radius 2 is 1.95 bits per heavy atom. The topological polar surface area (TPSA) is 46.6 Å². The van der Waals surface area contributed by atoms with Gasteiger partial charge < -0.3 is 9.64 Å². The second-order valence-electron chi connectivity index (χ2n) is 6.73. The maximum absolute atomic E-state index is 13.0. The van der Waals surface area contributed by atoms with E-state index in [0.717, 1.165) is 5.56 Å². The average Bonchev–Trinajstić information content (AvgIpc) is 2.81. The average molecular weight is 307 g/mol. The van der Waals surface area contributed by atoms with Gasteiger partial charge in [-0.05, 0) is 38.5 Å². The van der Waals surface area contributed by atoms with Crippen LogP contribution in [0.15, 0.2) is 24.3 Å². The summed E-state index contributed by atoms with van der Waals surface area (Å²) in [7, 11) is 0. The molecular weight excluding hydrogens is 285 g/mol. The molecule has 1 heterocycles. The number of halogens is 1. The van der Waals surface area contributed by atoms with E-state index in [1.807, 2.05) is 20.8 Å². The molecule has 0 aliphatic carbocycles. The molecule has 0 spiro atoms. The van der Waals surface area contributed by atoms with Crippen molar-refractivity contribution in [2.75, 3.05) is 6.61 Å². The highest BCUT2D eigenvalue weighted by atomic mass is 19.1. The Balaban J connectivity index is 2.07. The van der Waals surface area contributed by atoms with Crippen LogP contribution in [0, 0.1) is 11.7 Å². The highest BCUT2D eigenvalue weighted by Crippen LogP contribution is 2.24. The lowest BCUT2D eigenvalue weighted by Crippen LogP contribution is -2.45. The van der Waals surface area contributed by atoms with Crippen molar-refractivity contribution in [3.63, 3.8) is 0 Å². The third kappa shape index (κ3) is 4.29. The van der Waals surface area contributed by atoms with E-state index >= 15 is 0 Å². The van der Waals surface area contributed by atoms with Gasteiger partial charge >= 0.3 is 5.97 Å². The molecule has 1 atom stereocenters. The Morgan fingerprint density at radius 3 is 2.45 bits per heavy atom. The Labute approximate surface area is 130 Å². The highest BCUT2D eigenvalue weighted by molar-refractivity contribution is 5.79. The number of esters is 1. The molecule has 1 saturated heterocycles. The highest BCUT2D eigenvalue weighted by Gasteiger charge is 2.31. The molecule has 1 amide bonds. The van der Waals surface area contributed by atoms with Gasteiger partial charge in [0.2, 0.25) is 5.91 Å². The SMILES string of the molecule is CC(C)(C)N(Cc1ccc(F)cc1)C(=O)CC1COC(=O)C1. The van der Waals surface area contributed by atoms with E-state index in [4.69, 9.17) is 4.74 Å². The summed E-state index contributed by atoms with van der Waals surface area (Å²) in [6.07, 6.45) is 0.602. The van der Waals surface area contributed by atoms with Crippen LogP contribution >= 0.6 is 0 Å². The number of cyclic esters (lactones) is 1. The van der Waals surface area contributed by atoms with Gasteiger partial charge in [-0.15, -0.1) is 0 Å². The van der Waals surface area contributed by atoms with Crippen molar-refractivity contribution in [3.8, 4) is 0 Å². The molecule has 1 aromatic rings. The minimum atomic E-state index is -0.352. The summed E-state index contributed by atoms with van der Waals surface area (Å²) < 4.78 is 17.9. The number of nitrogens with zero attached hydrogens (tertiary/aromatic N) is 1. The summed E-state index contributed by atoms with van der Waals surface area (Å²) in [6.45, 7) is 6.63. The van der Waals surface area contributed by atoms with E-state index < -0.39 is 0 Å². The van der Waals surface area contributed by atoms with Crippen molar-refractivity contribution in [1.82, 2.24) is 4.90 Å². The Hall–Kier alpha value is -1.91. The number of carbonyl (C=O) groups excluding carboxylic acids is 2. The van der Waals surface area contributed by atoms with Crippen LogP contribution in [0.2, 0.25) is 0 Å². The molecule has 0 saturated carbocycles. The standard InChI is InChI=1S/C17H22FNO3/c1-17(2,3)19(10-12-4-6-14(18)7-5-12)15(20)8-13-9-16(21)22-11-13/h4-7,13H,8-11H2,1-3H3. The number of rotatable bonds is 4. The van der Waals surface area contributed by atoms with Crippen molar-refractivity contribution in [1.29, 1.82) is 0 Å². The molecule has 1 fully saturated rings. The van der Waals surface area contributed by atoms with Crippen molar-refractivity contribution in [2.24, 2.45) is 5.92 Å². The zero-order chi connectivity index (χ0) is 16.3. The van der Waals surface area contributed by atoms with Crippen molar-refractivity contribution >= 4 is 11.9 Å². The number of amides is 1. The molecule has 0 aromatic heterocycles. The monoisotopic (exact) mass is 307 g/mol. The molecular formula is C17H22FNO3. The summed E-state index contributed by atoms with van der Waals surface area (Å²) in [5, 5.41) is 0. The van der Waals surface area contributed by atoms with Crippen LogP contribution < -0.4 is 0 Å². The van der Waals surface area contributed by atoms with E-state index in [-0.39, 0.29) is 29.2 Å². The number of hydrogen-bond donors (Lipinski definition) is 0. The minimum absolute atomic E-state index is 0.0138. The summed E-state index contributed by atoms with van der Waals surface area (Å²) in [5.41, 5.74) is 0.526. The molecule has 5 heteroatoms. The van der Waals surface area contributed by atoms with E-state index in [9.17, 15) is 14.0 Å². The van der Waals surface area contributed by atoms with Gasteiger partial charge in [0, 0.05) is 24.4 Å². The van der Waals surface area contributed by atoms with Gasteiger partial charge in [0.25, 0.3) is 0 Å². The summed E-state index contributed by atoms with van der Waals surface area (Å²) in [5.74, 6) is -0.587. The third-order valence-electron chi connectivity index (χ3n) is 3.76.